The molecule has 1 amide bonds. The third kappa shape index (κ3) is 8.64. The van der Waals surface area contributed by atoms with Gasteiger partial charge in [-0.05, 0) is 28.7 Å². The topological polar surface area (TPSA) is 57.2 Å². The lowest BCUT2D eigenvalue weighted by Crippen LogP contribution is -2.64. The van der Waals surface area contributed by atoms with Crippen molar-refractivity contribution in [2.45, 2.75) is 57.2 Å². The van der Waals surface area contributed by atoms with Gasteiger partial charge in [-0.3, -0.25) is 4.90 Å². The summed E-state index contributed by atoms with van der Waals surface area (Å²) in [5, 5.41) is 0. The summed E-state index contributed by atoms with van der Waals surface area (Å²) >= 11 is 0. The van der Waals surface area contributed by atoms with E-state index >= 15 is 0 Å². The van der Waals surface area contributed by atoms with E-state index in [1.807, 2.05) is 127 Å². The van der Waals surface area contributed by atoms with E-state index in [2.05, 4.69) is 6.58 Å². The summed E-state index contributed by atoms with van der Waals surface area (Å²) in [5.74, 6) is 0. The van der Waals surface area contributed by atoms with E-state index < -0.39 is 24.4 Å². The van der Waals surface area contributed by atoms with Crippen molar-refractivity contribution in [3.8, 4) is 0 Å². The van der Waals surface area contributed by atoms with Crippen molar-refractivity contribution in [2.24, 2.45) is 0 Å². The highest BCUT2D eigenvalue weighted by Crippen LogP contribution is 2.31. The quantitative estimate of drug-likeness (QED) is 0.156. The van der Waals surface area contributed by atoms with Crippen LogP contribution in [-0.2, 0) is 45.4 Å². The second-order valence-electron chi connectivity index (χ2n) is 10.6. The molecule has 0 bridgehead atoms. The molecule has 43 heavy (non-hydrogen) atoms. The van der Waals surface area contributed by atoms with E-state index in [9.17, 15) is 4.79 Å². The van der Waals surface area contributed by atoms with Crippen LogP contribution in [0, 0.1) is 0 Å². The number of carbonyl (C=O) groups is 1. The van der Waals surface area contributed by atoms with E-state index in [1.165, 1.54) is 0 Å². The molecule has 0 radical (unpaired) electrons. The van der Waals surface area contributed by atoms with Gasteiger partial charge in [0.05, 0.1) is 32.4 Å². The molecule has 0 aliphatic carbocycles. The minimum Gasteiger partial charge on any atom is -0.445 e. The van der Waals surface area contributed by atoms with Crippen LogP contribution in [0.3, 0.4) is 0 Å². The van der Waals surface area contributed by atoms with Gasteiger partial charge in [0.1, 0.15) is 24.9 Å². The SMILES string of the molecule is C=CC[C@@H]1[C@H](OCc2ccccc2)[C@@H](OCc2ccccc2)[C@H](OCc2ccccc2)CN1C(=O)OCc1ccccc1. The molecule has 0 unspecified atom stereocenters. The van der Waals surface area contributed by atoms with Gasteiger partial charge in [0.2, 0.25) is 0 Å². The molecule has 1 aliphatic heterocycles. The molecule has 6 nitrogen and oxygen atoms in total. The first-order valence-electron chi connectivity index (χ1n) is 14.8. The van der Waals surface area contributed by atoms with Gasteiger partial charge in [-0.15, -0.1) is 6.58 Å². The fraction of sp³-hybridized carbons (Fsp3) is 0.270. The summed E-state index contributed by atoms with van der Waals surface area (Å²) in [6.07, 6.45) is 0.502. The molecular formula is C37H39NO5. The Kier molecular flexibility index (Phi) is 11.1. The molecule has 4 aromatic rings. The number of carbonyl (C=O) groups excluding carboxylic acids is 1. The number of rotatable bonds is 13. The Balaban J connectivity index is 1.43. The second kappa shape index (κ2) is 15.8. The van der Waals surface area contributed by atoms with Crippen molar-refractivity contribution in [3.63, 3.8) is 0 Å². The van der Waals surface area contributed by atoms with Crippen molar-refractivity contribution < 1.29 is 23.7 Å². The standard InChI is InChI=1S/C37H39NO5/c1-2-15-33-35(41-26-30-18-9-4-10-19-30)36(42-27-31-20-11-5-12-21-31)34(40-25-29-16-7-3-8-17-29)24-38(33)37(39)43-28-32-22-13-6-14-23-32/h2-14,16-23,33-36H,1,15,24-28H2/t33-,34-,35+,36+/m1/s1. The van der Waals surface area contributed by atoms with Gasteiger partial charge in [-0.2, -0.15) is 0 Å². The predicted molar refractivity (Wildman–Crippen MR) is 167 cm³/mol. The second-order valence-corrected chi connectivity index (χ2v) is 10.6. The molecule has 1 fully saturated rings. The van der Waals surface area contributed by atoms with Crippen molar-refractivity contribution >= 4 is 6.09 Å². The molecule has 4 aromatic carbocycles. The highest BCUT2D eigenvalue weighted by molar-refractivity contribution is 5.68. The molecule has 1 saturated heterocycles. The van der Waals surface area contributed by atoms with Crippen molar-refractivity contribution in [2.75, 3.05) is 6.54 Å². The minimum absolute atomic E-state index is 0.177. The summed E-state index contributed by atoms with van der Waals surface area (Å²) in [7, 11) is 0. The Bertz CT molecular complexity index is 1380. The normalized spacial score (nSPS) is 20.0. The number of nitrogens with zero attached hydrogens (tertiary/aromatic N) is 1. The average molecular weight is 578 g/mol. The number of piperidine rings is 1. The Morgan fingerprint density at radius 3 is 1.51 bits per heavy atom. The maximum Gasteiger partial charge on any atom is 0.410 e. The van der Waals surface area contributed by atoms with E-state index in [-0.39, 0.29) is 12.6 Å². The Labute approximate surface area is 254 Å². The molecule has 4 atom stereocenters. The molecule has 0 aromatic heterocycles. The lowest BCUT2D eigenvalue weighted by atomic mass is 9.91. The van der Waals surface area contributed by atoms with E-state index in [1.54, 1.807) is 4.90 Å². The monoisotopic (exact) mass is 577 g/mol. The van der Waals surface area contributed by atoms with Gasteiger partial charge in [-0.25, -0.2) is 4.79 Å². The summed E-state index contributed by atoms with van der Waals surface area (Å²) in [4.78, 5) is 15.4. The molecule has 0 spiro atoms. The van der Waals surface area contributed by atoms with Crippen LogP contribution in [0.15, 0.2) is 134 Å². The fourth-order valence-electron chi connectivity index (χ4n) is 5.35. The molecule has 1 aliphatic rings. The van der Waals surface area contributed by atoms with Crippen LogP contribution in [0.1, 0.15) is 28.7 Å². The molecule has 5 rings (SSSR count). The fourth-order valence-corrected chi connectivity index (χ4v) is 5.35. The molecule has 6 heteroatoms. The summed E-state index contributed by atoms with van der Waals surface area (Å²) in [6.45, 7) is 5.60. The first-order chi connectivity index (χ1) is 21.2. The van der Waals surface area contributed by atoms with Crippen LogP contribution in [-0.4, -0.2) is 41.9 Å². The molecular weight excluding hydrogens is 538 g/mol. The minimum atomic E-state index is -0.499. The number of hydrogen-bond acceptors (Lipinski definition) is 5. The number of likely N-dealkylation sites (tertiary alicyclic amines) is 1. The Hall–Kier alpha value is -4.23. The van der Waals surface area contributed by atoms with Crippen molar-refractivity contribution in [1.82, 2.24) is 4.90 Å². The highest BCUT2D eigenvalue weighted by atomic mass is 16.6. The predicted octanol–water partition coefficient (Wildman–Crippen LogP) is 7.34. The first-order valence-corrected chi connectivity index (χ1v) is 14.8. The maximum atomic E-state index is 13.7. The zero-order valence-electron chi connectivity index (χ0n) is 24.4. The number of amides is 1. The zero-order chi connectivity index (χ0) is 29.7. The third-order valence-electron chi connectivity index (χ3n) is 7.57. The molecule has 1 heterocycles. The van der Waals surface area contributed by atoms with Gasteiger partial charge >= 0.3 is 6.09 Å². The van der Waals surface area contributed by atoms with Crippen LogP contribution in [0.5, 0.6) is 0 Å². The van der Waals surface area contributed by atoms with E-state index in [0.29, 0.717) is 32.8 Å². The van der Waals surface area contributed by atoms with Crippen molar-refractivity contribution in [3.05, 3.63) is 156 Å². The van der Waals surface area contributed by atoms with Crippen LogP contribution < -0.4 is 0 Å². The van der Waals surface area contributed by atoms with E-state index in [4.69, 9.17) is 18.9 Å². The summed E-state index contributed by atoms with van der Waals surface area (Å²) in [6, 6.07) is 39.4. The van der Waals surface area contributed by atoms with Crippen LogP contribution in [0.25, 0.3) is 0 Å². The van der Waals surface area contributed by atoms with Crippen LogP contribution in [0.4, 0.5) is 4.79 Å². The average Bonchev–Trinajstić information content (AvgIpc) is 3.07. The number of benzene rings is 4. The summed E-state index contributed by atoms with van der Waals surface area (Å²) < 4.78 is 25.7. The van der Waals surface area contributed by atoms with Crippen LogP contribution >= 0.6 is 0 Å². The van der Waals surface area contributed by atoms with Gasteiger partial charge in [-0.1, -0.05) is 127 Å². The Morgan fingerprint density at radius 2 is 1.05 bits per heavy atom. The van der Waals surface area contributed by atoms with Gasteiger partial charge in [0.15, 0.2) is 0 Å². The van der Waals surface area contributed by atoms with Crippen molar-refractivity contribution in [1.29, 1.82) is 0 Å². The maximum absolute atomic E-state index is 13.7. The van der Waals surface area contributed by atoms with E-state index in [0.717, 1.165) is 22.3 Å². The van der Waals surface area contributed by atoms with Gasteiger partial charge < -0.3 is 18.9 Å². The zero-order valence-corrected chi connectivity index (χ0v) is 24.4. The van der Waals surface area contributed by atoms with Gasteiger partial charge in [0, 0.05) is 0 Å². The lowest BCUT2D eigenvalue weighted by molar-refractivity contribution is -0.197. The number of ether oxygens (including phenoxy) is 4. The lowest BCUT2D eigenvalue weighted by Gasteiger charge is -2.47. The molecule has 0 saturated carbocycles. The Morgan fingerprint density at radius 1 is 0.628 bits per heavy atom. The highest BCUT2D eigenvalue weighted by Gasteiger charge is 2.47. The molecule has 222 valence electrons. The largest absolute Gasteiger partial charge is 0.445 e. The van der Waals surface area contributed by atoms with Gasteiger partial charge in [0.25, 0.3) is 0 Å². The summed E-state index contributed by atoms with van der Waals surface area (Å²) in [5.41, 5.74) is 4.05. The molecule has 0 N–H and O–H groups in total. The first kappa shape index (κ1) is 30.2. The third-order valence-corrected chi connectivity index (χ3v) is 7.57. The smallest absolute Gasteiger partial charge is 0.410 e. The number of hydrogen-bond donors (Lipinski definition) is 0. The van der Waals surface area contributed by atoms with Crippen LogP contribution in [0.2, 0.25) is 0 Å².